The van der Waals surface area contributed by atoms with Gasteiger partial charge in [-0.1, -0.05) is 45.9 Å². The van der Waals surface area contributed by atoms with E-state index in [1.54, 1.807) is 72.8 Å². The molecular formula is C30H24N2O4S2. The molecule has 0 aliphatic rings. The van der Waals surface area contributed by atoms with Gasteiger partial charge in [0.1, 0.15) is 0 Å². The van der Waals surface area contributed by atoms with Crippen LogP contribution in [0.15, 0.2) is 107 Å². The molecule has 190 valence electrons. The maximum atomic E-state index is 13.0. The Balaban J connectivity index is 1.46. The first-order chi connectivity index (χ1) is 18.3. The number of hydrogen-bond acceptors (Lipinski definition) is 6. The lowest BCUT2D eigenvalue weighted by atomic mass is 10.1. The van der Waals surface area contributed by atoms with Crippen molar-refractivity contribution in [1.82, 2.24) is 0 Å². The highest BCUT2D eigenvalue weighted by Gasteiger charge is 2.16. The second kappa shape index (κ2) is 12.4. The van der Waals surface area contributed by atoms with Gasteiger partial charge in [-0.25, -0.2) is 0 Å². The Morgan fingerprint density at radius 3 is 1.18 bits per heavy atom. The van der Waals surface area contributed by atoms with Crippen molar-refractivity contribution in [1.29, 1.82) is 0 Å². The monoisotopic (exact) mass is 540 g/mol. The lowest BCUT2D eigenvalue weighted by Gasteiger charge is -2.12. The number of carbonyl (C=O) groups is 4. The van der Waals surface area contributed by atoms with Crippen molar-refractivity contribution >= 4 is 56.3 Å². The molecule has 0 unspecified atom stereocenters. The van der Waals surface area contributed by atoms with Crippen LogP contribution in [0.25, 0.3) is 0 Å². The Morgan fingerprint density at radius 2 is 0.842 bits per heavy atom. The fraction of sp³-hybridized carbons (Fsp3) is 0.0667. The van der Waals surface area contributed by atoms with Crippen LogP contribution in [0.1, 0.15) is 55.3 Å². The normalized spacial score (nSPS) is 10.5. The molecule has 0 radical (unpaired) electrons. The van der Waals surface area contributed by atoms with Crippen LogP contribution < -0.4 is 10.6 Å². The molecule has 0 bridgehead atoms. The van der Waals surface area contributed by atoms with Crippen molar-refractivity contribution < 1.29 is 19.2 Å². The first-order valence-electron chi connectivity index (χ1n) is 11.7. The minimum Gasteiger partial charge on any atom is -0.322 e. The molecular weight excluding hydrogens is 516 g/mol. The van der Waals surface area contributed by atoms with Gasteiger partial charge in [0.2, 0.25) is 0 Å². The third-order valence-electron chi connectivity index (χ3n) is 5.58. The molecule has 0 saturated heterocycles. The fourth-order valence-electron chi connectivity index (χ4n) is 3.52. The molecule has 6 nitrogen and oxygen atoms in total. The molecule has 0 atom stereocenters. The van der Waals surface area contributed by atoms with Gasteiger partial charge in [-0.3, -0.25) is 19.2 Å². The first-order valence-corrected chi connectivity index (χ1v) is 13.8. The van der Waals surface area contributed by atoms with Crippen molar-refractivity contribution in [2.45, 2.75) is 23.6 Å². The van der Waals surface area contributed by atoms with E-state index in [0.29, 0.717) is 33.6 Å². The summed E-state index contributed by atoms with van der Waals surface area (Å²) >= 11 is 0. The summed E-state index contributed by atoms with van der Waals surface area (Å²) in [4.78, 5) is 50.5. The molecule has 4 rings (SSSR count). The maximum absolute atomic E-state index is 13.0. The molecule has 4 aromatic carbocycles. The number of carbonyl (C=O) groups excluding carboxylic acids is 4. The minimum absolute atomic E-state index is 0.0403. The summed E-state index contributed by atoms with van der Waals surface area (Å²) in [5, 5.41) is 5.75. The minimum atomic E-state index is -0.274. The quantitative estimate of drug-likeness (QED) is 0.170. The van der Waals surface area contributed by atoms with Gasteiger partial charge in [0.05, 0.1) is 11.1 Å². The predicted molar refractivity (Wildman–Crippen MR) is 153 cm³/mol. The van der Waals surface area contributed by atoms with Gasteiger partial charge in [-0.15, -0.1) is 0 Å². The van der Waals surface area contributed by atoms with Gasteiger partial charge >= 0.3 is 0 Å². The molecule has 0 aliphatic carbocycles. The van der Waals surface area contributed by atoms with Crippen LogP contribution >= 0.6 is 21.6 Å². The Morgan fingerprint density at radius 1 is 0.500 bits per heavy atom. The summed E-state index contributed by atoms with van der Waals surface area (Å²) in [6, 6.07) is 28.0. The van der Waals surface area contributed by atoms with Crippen LogP contribution in [0, 0.1) is 0 Å². The van der Waals surface area contributed by atoms with E-state index in [1.807, 2.05) is 24.3 Å². The summed E-state index contributed by atoms with van der Waals surface area (Å²) in [7, 11) is 2.76. The van der Waals surface area contributed by atoms with Crippen LogP contribution in [0.3, 0.4) is 0 Å². The molecule has 8 heteroatoms. The van der Waals surface area contributed by atoms with Crippen LogP contribution in [-0.4, -0.2) is 23.4 Å². The number of Topliss-reactive ketones (excluding diaryl/α,β-unsaturated/α-hetero) is 2. The molecule has 2 amide bonds. The van der Waals surface area contributed by atoms with E-state index in [2.05, 4.69) is 10.6 Å². The van der Waals surface area contributed by atoms with Gasteiger partial charge in [-0.05, 0) is 86.6 Å². The third-order valence-corrected chi connectivity index (χ3v) is 8.06. The Hall–Kier alpha value is -4.14. The van der Waals surface area contributed by atoms with Gasteiger partial charge in [-0.2, -0.15) is 0 Å². The summed E-state index contributed by atoms with van der Waals surface area (Å²) in [5.41, 5.74) is 3.31. The second-order valence-electron chi connectivity index (χ2n) is 8.33. The van der Waals surface area contributed by atoms with Crippen molar-refractivity contribution in [3.63, 3.8) is 0 Å². The number of rotatable bonds is 9. The van der Waals surface area contributed by atoms with Gasteiger partial charge < -0.3 is 10.6 Å². The number of anilines is 2. The topological polar surface area (TPSA) is 92.3 Å². The highest BCUT2D eigenvalue weighted by Crippen LogP contribution is 2.40. The summed E-state index contributed by atoms with van der Waals surface area (Å²) in [5.74, 6) is -0.628. The van der Waals surface area contributed by atoms with E-state index >= 15 is 0 Å². The molecule has 0 aromatic heterocycles. The van der Waals surface area contributed by atoms with Crippen LogP contribution in [-0.2, 0) is 0 Å². The number of amides is 2. The number of ketones is 2. The van der Waals surface area contributed by atoms with E-state index in [1.165, 1.54) is 35.4 Å². The van der Waals surface area contributed by atoms with Gasteiger partial charge in [0.15, 0.2) is 11.6 Å². The first kappa shape index (κ1) is 26.9. The number of benzene rings is 4. The fourth-order valence-corrected chi connectivity index (χ4v) is 5.88. The Labute approximate surface area is 228 Å². The largest absolute Gasteiger partial charge is 0.322 e. The molecule has 0 saturated carbocycles. The zero-order valence-corrected chi connectivity index (χ0v) is 22.3. The maximum Gasteiger partial charge on any atom is 0.256 e. The average Bonchev–Trinajstić information content (AvgIpc) is 2.92. The lowest BCUT2D eigenvalue weighted by molar-refractivity contribution is 0.100. The molecule has 0 fully saturated rings. The van der Waals surface area contributed by atoms with Gasteiger partial charge in [0.25, 0.3) is 11.8 Å². The number of nitrogens with one attached hydrogen (secondary N) is 2. The van der Waals surface area contributed by atoms with Crippen molar-refractivity contribution in [3.05, 3.63) is 119 Å². The summed E-state index contributed by atoms with van der Waals surface area (Å²) in [6.45, 7) is 2.99. The van der Waals surface area contributed by atoms with Crippen LogP contribution in [0.2, 0.25) is 0 Å². The summed E-state index contributed by atoms with van der Waals surface area (Å²) < 4.78 is 0. The average molecular weight is 541 g/mol. The zero-order chi connectivity index (χ0) is 27.1. The van der Waals surface area contributed by atoms with E-state index in [4.69, 9.17) is 0 Å². The van der Waals surface area contributed by atoms with E-state index in [0.717, 1.165) is 9.79 Å². The molecule has 0 aliphatic heterocycles. The van der Waals surface area contributed by atoms with Gasteiger partial charge in [0, 0.05) is 32.3 Å². The standard InChI is InChI=1S/C30H24N2O4S2/c1-19(33)21-11-15-23(16-12-21)31-29(35)25-7-3-5-9-27(25)37-38-28-10-6-4-8-26(28)30(36)32-24-17-13-22(14-18-24)20(2)34/h3-18H,1-2H3,(H,31,35)(H,32,36). The number of hydrogen-bond donors (Lipinski definition) is 2. The SMILES string of the molecule is CC(=O)c1ccc(NC(=O)c2ccccc2SSc2ccccc2C(=O)Nc2ccc(C(C)=O)cc2)cc1. The second-order valence-corrected chi connectivity index (χ2v) is 10.5. The lowest BCUT2D eigenvalue weighted by Crippen LogP contribution is -2.13. The predicted octanol–water partition coefficient (Wildman–Crippen LogP) is 7.40. The van der Waals surface area contributed by atoms with Crippen LogP contribution in [0.5, 0.6) is 0 Å². The van der Waals surface area contributed by atoms with E-state index < -0.39 is 0 Å². The smallest absolute Gasteiger partial charge is 0.256 e. The highest BCUT2D eigenvalue weighted by molar-refractivity contribution is 8.76. The Kier molecular flexibility index (Phi) is 8.78. The molecule has 4 aromatic rings. The molecule has 0 heterocycles. The molecule has 0 spiro atoms. The van der Waals surface area contributed by atoms with E-state index in [9.17, 15) is 19.2 Å². The van der Waals surface area contributed by atoms with Crippen molar-refractivity contribution in [2.75, 3.05) is 10.6 Å². The van der Waals surface area contributed by atoms with E-state index in [-0.39, 0.29) is 23.4 Å². The zero-order valence-electron chi connectivity index (χ0n) is 20.7. The Bertz CT molecular complexity index is 1380. The molecule has 38 heavy (non-hydrogen) atoms. The van der Waals surface area contributed by atoms with Crippen LogP contribution in [0.4, 0.5) is 11.4 Å². The van der Waals surface area contributed by atoms with Crippen molar-refractivity contribution in [2.24, 2.45) is 0 Å². The third kappa shape index (κ3) is 6.79. The highest BCUT2D eigenvalue weighted by atomic mass is 33.1. The summed E-state index contributed by atoms with van der Waals surface area (Å²) in [6.07, 6.45) is 0. The molecule has 2 N–H and O–H groups in total. The van der Waals surface area contributed by atoms with Crippen molar-refractivity contribution in [3.8, 4) is 0 Å².